The minimum atomic E-state index is -0.585. The smallest absolute Gasteiger partial charge is 0.435 e. The van der Waals surface area contributed by atoms with E-state index in [-0.39, 0.29) is 12.0 Å². The van der Waals surface area contributed by atoms with Crippen molar-refractivity contribution >= 4 is 17.0 Å². The molecule has 0 N–H and O–H groups in total. The van der Waals surface area contributed by atoms with Crippen LogP contribution in [0.15, 0.2) is 35.3 Å². The van der Waals surface area contributed by atoms with Gasteiger partial charge in [0, 0.05) is 5.39 Å². The summed E-state index contributed by atoms with van der Waals surface area (Å²) < 4.78 is 5.92. The van der Waals surface area contributed by atoms with Crippen molar-refractivity contribution in [1.29, 1.82) is 0 Å². The van der Waals surface area contributed by atoms with Gasteiger partial charge in [-0.3, -0.25) is 4.79 Å². The molecule has 5 heteroatoms. The molecule has 0 bridgehead atoms. The SMILES string of the molecule is CCOC(=O)n1ncc(=O)c2ccccc21. The number of carbonyl (C=O) groups is 1. The van der Waals surface area contributed by atoms with E-state index in [0.29, 0.717) is 10.9 Å². The van der Waals surface area contributed by atoms with Crippen molar-refractivity contribution in [3.63, 3.8) is 0 Å². The molecule has 0 radical (unpaired) electrons. The molecule has 0 aliphatic rings. The molecular weight excluding hydrogens is 208 g/mol. The van der Waals surface area contributed by atoms with Gasteiger partial charge in [0.15, 0.2) is 0 Å². The number of para-hydroxylation sites is 1. The molecule has 0 fully saturated rings. The minimum absolute atomic E-state index is 0.212. The molecule has 0 atom stereocenters. The maximum atomic E-state index is 11.5. The number of carbonyl (C=O) groups excluding carboxylic acids is 1. The molecule has 2 aromatic rings. The number of aromatic nitrogens is 2. The molecule has 16 heavy (non-hydrogen) atoms. The van der Waals surface area contributed by atoms with Crippen molar-refractivity contribution in [3.8, 4) is 0 Å². The molecule has 0 aliphatic carbocycles. The number of rotatable bonds is 1. The summed E-state index contributed by atoms with van der Waals surface area (Å²) in [5.41, 5.74) is 0.240. The average Bonchev–Trinajstić information content (AvgIpc) is 2.30. The van der Waals surface area contributed by atoms with Crippen LogP contribution in [-0.2, 0) is 4.74 Å². The molecule has 0 aliphatic heterocycles. The number of nitrogens with zero attached hydrogens (tertiary/aromatic N) is 2. The third kappa shape index (κ3) is 1.67. The van der Waals surface area contributed by atoms with Crippen LogP contribution in [0.2, 0.25) is 0 Å². The van der Waals surface area contributed by atoms with Gasteiger partial charge in [-0.25, -0.2) is 4.79 Å². The second-order valence-electron chi connectivity index (χ2n) is 3.14. The summed E-state index contributed by atoms with van der Waals surface area (Å²) in [6.07, 6.45) is 0.526. The molecule has 0 saturated carbocycles. The fourth-order valence-electron chi connectivity index (χ4n) is 1.44. The molecular formula is C11H10N2O3. The molecule has 1 heterocycles. The highest BCUT2D eigenvalue weighted by Crippen LogP contribution is 2.07. The summed E-state index contributed by atoms with van der Waals surface area (Å²) in [7, 11) is 0. The van der Waals surface area contributed by atoms with Crippen molar-refractivity contribution in [2.75, 3.05) is 6.61 Å². The van der Waals surface area contributed by atoms with Crippen molar-refractivity contribution in [1.82, 2.24) is 9.78 Å². The van der Waals surface area contributed by atoms with E-state index in [1.807, 2.05) is 0 Å². The van der Waals surface area contributed by atoms with Gasteiger partial charge >= 0.3 is 6.09 Å². The second kappa shape index (κ2) is 4.14. The van der Waals surface area contributed by atoms with Crippen molar-refractivity contribution in [3.05, 3.63) is 40.7 Å². The van der Waals surface area contributed by atoms with Crippen LogP contribution in [0.5, 0.6) is 0 Å². The molecule has 1 aromatic carbocycles. The van der Waals surface area contributed by atoms with Crippen molar-refractivity contribution < 1.29 is 9.53 Å². The predicted octanol–water partition coefficient (Wildman–Crippen LogP) is 1.40. The highest BCUT2D eigenvalue weighted by Gasteiger charge is 2.10. The van der Waals surface area contributed by atoms with Crippen LogP contribution >= 0.6 is 0 Å². The van der Waals surface area contributed by atoms with Gasteiger partial charge in [0.1, 0.15) is 0 Å². The van der Waals surface area contributed by atoms with E-state index in [1.165, 1.54) is 0 Å². The molecule has 82 valence electrons. The van der Waals surface area contributed by atoms with Crippen LogP contribution in [0.4, 0.5) is 4.79 Å². The Morgan fingerprint density at radius 2 is 2.19 bits per heavy atom. The lowest BCUT2D eigenvalue weighted by atomic mass is 10.2. The number of hydrogen-bond donors (Lipinski definition) is 0. The Balaban J connectivity index is 2.68. The van der Waals surface area contributed by atoms with Gasteiger partial charge in [-0.05, 0) is 19.1 Å². The Labute approximate surface area is 91.3 Å². The average molecular weight is 218 g/mol. The number of fused-ring (bicyclic) bond motifs is 1. The molecule has 0 saturated heterocycles. The Kier molecular flexibility index (Phi) is 2.68. The van der Waals surface area contributed by atoms with E-state index >= 15 is 0 Å². The Bertz CT molecular complexity index is 589. The van der Waals surface area contributed by atoms with Crippen molar-refractivity contribution in [2.45, 2.75) is 6.92 Å². The van der Waals surface area contributed by atoms with Crippen LogP contribution in [0.25, 0.3) is 10.9 Å². The fourth-order valence-corrected chi connectivity index (χ4v) is 1.44. The Morgan fingerprint density at radius 1 is 1.44 bits per heavy atom. The largest absolute Gasteiger partial charge is 0.448 e. The lowest BCUT2D eigenvalue weighted by molar-refractivity contribution is 0.151. The Morgan fingerprint density at radius 3 is 2.94 bits per heavy atom. The van der Waals surface area contributed by atoms with E-state index in [4.69, 9.17) is 4.74 Å². The summed E-state index contributed by atoms with van der Waals surface area (Å²) in [6.45, 7) is 1.98. The normalized spacial score (nSPS) is 10.3. The first-order valence-electron chi connectivity index (χ1n) is 4.88. The second-order valence-corrected chi connectivity index (χ2v) is 3.14. The zero-order chi connectivity index (χ0) is 11.5. The van der Waals surface area contributed by atoms with Gasteiger partial charge in [-0.2, -0.15) is 9.78 Å². The molecule has 0 spiro atoms. The van der Waals surface area contributed by atoms with E-state index in [2.05, 4.69) is 5.10 Å². The predicted molar refractivity (Wildman–Crippen MR) is 58.4 cm³/mol. The number of ether oxygens (including phenoxy) is 1. The first-order chi connectivity index (χ1) is 7.74. The van der Waals surface area contributed by atoms with E-state index in [0.717, 1.165) is 10.9 Å². The van der Waals surface area contributed by atoms with Crippen LogP contribution in [0.1, 0.15) is 6.92 Å². The molecule has 1 aromatic heterocycles. The maximum absolute atomic E-state index is 11.5. The highest BCUT2D eigenvalue weighted by molar-refractivity contribution is 5.86. The Hall–Kier alpha value is -2.17. The van der Waals surface area contributed by atoms with Gasteiger partial charge in [-0.15, -0.1) is 0 Å². The van der Waals surface area contributed by atoms with Gasteiger partial charge in [0.2, 0.25) is 5.43 Å². The van der Waals surface area contributed by atoms with E-state index in [1.54, 1.807) is 31.2 Å². The van der Waals surface area contributed by atoms with Gasteiger partial charge in [0.25, 0.3) is 0 Å². The van der Waals surface area contributed by atoms with Gasteiger partial charge < -0.3 is 4.74 Å². The topological polar surface area (TPSA) is 61.2 Å². The zero-order valence-corrected chi connectivity index (χ0v) is 8.71. The van der Waals surface area contributed by atoms with Crippen LogP contribution in [0.3, 0.4) is 0 Å². The van der Waals surface area contributed by atoms with E-state index in [9.17, 15) is 9.59 Å². The van der Waals surface area contributed by atoms with E-state index < -0.39 is 6.09 Å². The minimum Gasteiger partial charge on any atom is -0.448 e. The van der Waals surface area contributed by atoms with Gasteiger partial charge in [0.05, 0.1) is 18.3 Å². The summed E-state index contributed by atoms with van der Waals surface area (Å²) in [5.74, 6) is 0. The summed E-state index contributed by atoms with van der Waals surface area (Å²) >= 11 is 0. The van der Waals surface area contributed by atoms with Crippen LogP contribution in [0, 0.1) is 0 Å². The molecule has 0 amide bonds. The zero-order valence-electron chi connectivity index (χ0n) is 8.71. The third-order valence-corrected chi connectivity index (χ3v) is 2.13. The lowest BCUT2D eigenvalue weighted by Crippen LogP contribution is -2.20. The molecule has 5 nitrogen and oxygen atoms in total. The maximum Gasteiger partial charge on any atom is 0.435 e. The number of hydrogen-bond acceptors (Lipinski definition) is 4. The standard InChI is InChI=1S/C11H10N2O3/c1-2-16-11(15)13-9-6-4-3-5-8(9)10(14)7-12-13/h3-7H,2H2,1H3. The summed E-state index contributed by atoms with van der Waals surface area (Å²) in [5, 5.41) is 4.20. The summed E-state index contributed by atoms with van der Waals surface area (Å²) in [6, 6.07) is 6.77. The quantitative estimate of drug-likeness (QED) is 0.725. The van der Waals surface area contributed by atoms with Gasteiger partial charge in [-0.1, -0.05) is 12.1 Å². The monoisotopic (exact) mass is 218 g/mol. The third-order valence-electron chi connectivity index (χ3n) is 2.13. The summed E-state index contributed by atoms with van der Waals surface area (Å²) in [4.78, 5) is 23.0. The first kappa shape index (κ1) is 10.4. The van der Waals surface area contributed by atoms with Crippen LogP contribution in [-0.4, -0.2) is 22.5 Å². The highest BCUT2D eigenvalue weighted by atomic mass is 16.5. The van der Waals surface area contributed by atoms with Crippen LogP contribution < -0.4 is 5.43 Å². The lowest BCUT2D eigenvalue weighted by Gasteiger charge is -2.06. The number of benzene rings is 1. The fraction of sp³-hybridized carbons (Fsp3) is 0.182. The van der Waals surface area contributed by atoms with Crippen molar-refractivity contribution in [2.24, 2.45) is 0 Å². The first-order valence-corrected chi connectivity index (χ1v) is 4.88. The molecule has 2 rings (SSSR count). The molecule has 0 unspecified atom stereocenters.